The van der Waals surface area contributed by atoms with E-state index in [4.69, 9.17) is 16.3 Å². The Morgan fingerprint density at radius 1 is 1.30 bits per heavy atom. The number of ether oxygens (including phenoxy) is 1. The first-order valence-corrected chi connectivity index (χ1v) is 6.10. The van der Waals surface area contributed by atoms with Gasteiger partial charge in [0, 0.05) is 10.6 Å². The van der Waals surface area contributed by atoms with E-state index in [1.165, 1.54) is 12.1 Å². The minimum Gasteiger partial charge on any atom is -0.444 e. The van der Waals surface area contributed by atoms with Crippen molar-refractivity contribution in [2.24, 2.45) is 0 Å². The van der Waals surface area contributed by atoms with E-state index in [9.17, 15) is 18.4 Å². The van der Waals surface area contributed by atoms with Gasteiger partial charge in [0.05, 0.1) is 5.69 Å². The highest BCUT2D eigenvalue weighted by molar-refractivity contribution is 6.31. The summed E-state index contributed by atoms with van der Waals surface area (Å²) in [4.78, 5) is 23.0. The van der Waals surface area contributed by atoms with Gasteiger partial charge < -0.3 is 4.74 Å². The van der Waals surface area contributed by atoms with E-state index >= 15 is 0 Å². The fraction of sp³-hybridized carbons (Fsp3) is 0.385. The molecule has 0 fully saturated rings. The lowest BCUT2D eigenvalue weighted by Gasteiger charge is -2.20. The summed E-state index contributed by atoms with van der Waals surface area (Å²) in [7, 11) is 0. The predicted molar refractivity (Wildman–Crippen MR) is 71.6 cm³/mol. The predicted octanol–water partition coefficient (Wildman–Crippen LogP) is 4.13. The smallest absolute Gasteiger partial charge is 0.412 e. The minimum atomic E-state index is -3.17. The molecule has 0 aromatic heterocycles. The quantitative estimate of drug-likeness (QED) is 0.854. The number of nitrogens with one attached hydrogen (secondary N) is 1. The number of amides is 1. The number of hydrogen-bond acceptors (Lipinski definition) is 3. The highest BCUT2D eigenvalue weighted by atomic mass is 35.5. The molecule has 110 valence electrons. The van der Waals surface area contributed by atoms with Gasteiger partial charge in [0.25, 0.3) is 0 Å². The van der Waals surface area contributed by atoms with Gasteiger partial charge >= 0.3 is 12.5 Å². The lowest BCUT2D eigenvalue weighted by molar-refractivity contribution is 0.0635. The average Bonchev–Trinajstić information content (AvgIpc) is 2.25. The number of Topliss-reactive ketones (excluding diaryl/α,β-unsaturated/α-hetero) is 1. The molecule has 1 aromatic rings. The summed E-state index contributed by atoms with van der Waals surface area (Å²) >= 11 is 5.73. The van der Waals surface area contributed by atoms with Gasteiger partial charge in [-0.2, -0.15) is 0 Å². The summed E-state index contributed by atoms with van der Waals surface area (Å²) < 4.78 is 29.9. The first kappa shape index (κ1) is 16.4. The highest BCUT2D eigenvalue weighted by Gasteiger charge is 2.23. The molecule has 0 spiro atoms. The maximum absolute atomic E-state index is 12.5. The lowest BCUT2D eigenvalue weighted by Crippen LogP contribution is -2.28. The van der Waals surface area contributed by atoms with Crippen LogP contribution in [-0.2, 0) is 4.74 Å². The second-order valence-corrected chi connectivity index (χ2v) is 5.42. The molecule has 0 unspecified atom stereocenters. The molecule has 1 aromatic carbocycles. The van der Waals surface area contributed by atoms with Crippen LogP contribution in [0.2, 0.25) is 5.02 Å². The Hall–Kier alpha value is -1.69. The van der Waals surface area contributed by atoms with Gasteiger partial charge in [0.2, 0.25) is 5.78 Å². The van der Waals surface area contributed by atoms with Gasteiger partial charge in [-0.3, -0.25) is 10.1 Å². The third-order valence-corrected chi connectivity index (χ3v) is 2.32. The van der Waals surface area contributed by atoms with Crippen LogP contribution in [0.25, 0.3) is 0 Å². The Labute approximate surface area is 120 Å². The number of halogens is 3. The van der Waals surface area contributed by atoms with Crippen LogP contribution < -0.4 is 5.32 Å². The van der Waals surface area contributed by atoms with Crippen LogP contribution in [-0.4, -0.2) is 23.9 Å². The van der Waals surface area contributed by atoms with E-state index in [-0.39, 0.29) is 16.3 Å². The summed E-state index contributed by atoms with van der Waals surface area (Å²) in [6, 6.07) is 3.63. The van der Waals surface area contributed by atoms with Crippen molar-refractivity contribution >= 4 is 29.2 Å². The van der Waals surface area contributed by atoms with E-state index in [1.807, 2.05) is 0 Å². The molecular formula is C13H14ClF2NO3. The van der Waals surface area contributed by atoms with Crippen LogP contribution in [0.3, 0.4) is 0 Å². The molecule has 1 N–H and O–H groups in total. The summed E-state index contributed by atoms with van der Waals surface area (Å²) in [5, 5.41) is 2.44. The molecule has 0 aliphatic carbocycles. The Kier molecular flexibility index (Phi) is 5.05. The molecule has 1 amide bonds. The summed E-state index contributed by atoms with van der Waals surface area (Å²) in [5.74, 6) is -1.40. The molecule has 0 radical (unpaired) electrons. The average molecular weight is 306 g/mol. The SMILES string of the molecule is CC(C)(C)OC(=O)Nc1cc(Cl)ccc1C(=O)C(F)F. The summed E-state index contributed by atoms with van der Waals surface area (Å²) in [6.07, 6.45) is -4.03. The van der Waals surface area contributed by atoms with Crippen molar-refractivity contribution in [2.75, 3.05) is 5.32 Å². The van der Waals surface area contributed by atoms with Crippen LogP contribution in [0, 0.1) is 0 Å². The van der Waals surface area contributed by atoms with Crippen molar-refractivity contribution in [1.29, 1.82) is 0 Å². The van der Waals surface area contributed by atoms with Gasteiger partial charge in [-0.05, 0) is 39.0 Å². The summed E-state index contributed by atoms with van der Waals surface area (Å²) in [6.45, 7) is 4.95. The van der Waals surface area contributed by atoms with Crippen molar-refractivity contribution in [2.45, 2.75) is 32.8 Å². The third-order valence-electron chi connectivity index (χ3n) is 2.08. The zero-order valence-electron chi connectivity index (χ0n) is 11.2. The van der Waals surface area contributed by atoms with Crippen molar-refractivity contribution in [3.63, 3.8) is 0 Å². The molecule has 0 aliphatic rings. The first-order valence-electron chi connectivity index (χ1n) is 5.72. The second-order valence-electron chi connectivity index (χ2n) is 4.98. The number of hydrogen-bond donors (Lipinski definition) is 1. The van der Waals surface area contributed by atoms with E-state index in [0.29, 0.717) is 0 Å². The maximum Gasteiger partial charge on any atom is 0.412 e. The largest absolute Gasteiger partial charge is 0.444 e. The van der Waals surface area contributed by atoms with Crippen molar-refractivity contribution in [3.05, 3.63) is 28.8 Å². The van der Waals surface area contributed by atoms with Crippen LogP contribution in [0.1, 0.15) is 31.1 Å². The van der Waals surface area contributed by atoms with E-state index in [0.717, 1.165) is 6.07 Å². The number of carbonyl (C=O) groups excluding carboxylic acids is 2. The molecule has 4 nitrogen and oxygen atoms in total. The standard InChI is InChI=1S/C13H14ClF2NO3/c1-13(2,3)20-12(19)17-9-6-7(14)4-5-8(9)10(18)11(15)16/h4-6,11H,1-3H3,(H,17,19). The van der Waals surface area contributed by atoms with Gasteiger partial charge in [-0.1, -0.05) is 11.6 Å². The van der Waals surface area contributed by atoms with E-state index in [2.05, 4.69) is 5.32 Å². The van der Waals surface area contributed by atoms with Crippen molar-refractivity contribution in [1.82, 2.24) is 0 Å². The zero-order chi connectivity index (χ0) is 15.5. The Morgan fingerprint density at radius 2 is 1.90 bits per heavy atom. The van der Waals surface area contributed by atoms with Gasteiger partial charge in [-0.15, -0.1) is 0 Å². The molecule has 1 rings (SSSR count). The number of ketones is 1. The number of carbonyl (C=O) groups is 2. The number of rotatable bonds is 3. The molecule has 0 heterocycles. The topological polar surface area (TPSA) is 55.4 Å². The molecule has 0 aliphatic heterocycles. The first-order chi connectivity index (χ1) is 9.10. The number of benzene rings is 1. The lowest BCUT2D eigenvalue weighted by atomic mass is 10.1. The van der Waals surface area contributed by atoms with Gasteiger partial charge in [0.15, 0.2) is 0 Å². The van der Waals surface area contributed by atoms with Crippen LogP contribution in [0.5, 0.6) is 0 Å². The van der Waals surface area contributed by atoms with E-state index < -0.39 is 23.9 Å². The van der Waals surface area contributed by atoms with Gasteiger partial charge in [0.1, 0.15) is 5.60 Å². The maximum atomic E-state index is 12.5. The van der Waals surface area contributed by atoms with Crippen LogP contribution in [0.15, 0.2) is 18.2 Å². The number of alkyl halides is 2. The monoisotopic (exact) mass is 305 g/mol. The Bertz CT molecular complexity index is 527. The fourth-order valence-corrected chi connectivity index (χ4v) is 1.54. The third kappa shape index (κ3) is 4.77. The van der Waals surface area contributed by atoms with Crippen LogP contribution in [0.4, 0.5) is 19.3 Å². The normalized spacial score (nSPS) is 11.3. The second kappa shape index (κ2) is 6.17. The summed E-state index contributed by atoms with van der Waals surface area (Å²) in [5.41, 5.74) is -1.19. The molecule has 0 saturated heterocycles. The van der Waals surface area contributed by atoms with Gasteiger partial charge in [-0.25, -0.2) is 13.6 Å². The van der Waals surface area contributed by atoms with E-state index in [1.54, 1.807) is 20.8 Å². The molecular weight excluding hydrogens is 292 g/mol. The zero-order valence-corrected chi connectivity index (χ0v) is 11.9. The van der Waals surface area contributed by atoms with Crippen molar-refractivity contribution in [3.8, 4) is 0 Å². The molecule has 0 atom stereocenters. The molecule has 0 saturated carbocycles. The molecule has 20 heavy (non-hydrogen) atoms. The molecule has 0 bridgehead atoms. The van der Waals surface area contributed by atoms with Crippen molar-refractivity contribution < 1.29 is 23.1 Å². The minimum absolute atomic E-state index is 0.114. The fourth-order valence-electron chi connectivity index (χ4n) is 1.37. The highest BCUT2D eigenvalue weighted by Crippen LogP contribution is 2.24. The molecule has 7 heteroatoms. The number of anilines is 1. The van der Waals surface area contributed by atoms with Crippen LogP contribution >= 0.6 is 11.6 Å². The Morgan fingerprint density at radius 3 is 2.40 bits per heavy atom. The Balaban J connectivity index is 3.02.